The molecule has 0 saturated carbocycles. The molecule has 1 aliphatic carbocycles. The van der Waals surface area contributed by atoms with Gasteiger partial charge in [0, 0.05) is 12.1 Å². The first-order valence-electron chi connectivity index (χ1n) is 6.96. The second kappa shape index (κ2) is 6.92. The van der Waals surface area contributed by atoms with Crippen LogP contribution in [0.4, 0.5) is 5.69 Å². The topological polar surface area (TPSA) is 75.6 Å². The highest BCUT2D eigenvalue weighted by molar-refractivity contribution is 5.91. The molecular weight excluding hydrogens is 270 g/mol. The van der Waals surface area contributed by atoms with Gasteiger partial charge in [0.2, 0.25) is 5.91 Å². The lowest BCUT2D eigenvalue weighted by Gasteiger charge is -2.12. The normalized spacial score (nSPS) is 16.7. The number of carboxylic acids is 1. The Morgan fingerprint density at radius 2 is 2.24 bits per heavy atom. The number of carbonyl (C=O) groups excluding carboxylic acids is 1. The van der Waals surface area contributed by atoms with Gasteiger partial charge in [-0.25, -0.2) is 4.79 Å². The summed E-state index contributed by atoms with van der Waals surface area (Å²) in [7, 11) is 0. The Labute approximate surface area is 123 Å². The molecule has 21 heavy (non-hydrogen) atoms. The second-order valence-electron chi connectivity index (χ2n) is 5.18. The molecule has 1 aliphatic rings. The Hall–Kier alpha value is -2.30. The molecule has 1 unspecified atom stereocenters. The van der Waals surface area contributed by atoms with E-state index in [1.165, 1.54) is 0 Å². The van der Waals surface area contributed by atoms with Crippen molar-refractivity contribution in [1.29, 1.82) is 0 Å². The van der Waals surface area contributed by atoms with Crippen LogP contribution in [0, 0.1) is 12.8 Å². The number of aryl methyl sites for hydroxylation is 1. The largest absolute Gasteiger partial charge is 0.482 e. The first-order valence-corrected chi connectivity index (χ1v) is 6.96. The predicted octanol–water partition coefficient (Wildman–Crippen LogP) is 2.75. The zero-order chi connectivity index (χ0) is 15.2. The highest BCUT2D eigenvalue weighted by Crippen LogP contribution is 2.24. The number of anilines is 1. The maximum atomic E-state index is 12.0. The standard InChI is InChI=1S/C16H19NO4/c1-11-8-13(21-10-16(19)20)6-7-14(11)17-15(18)9-12-4-2-3-5-12/h2,4,6-8,12H,3,5,9-10H2,1H3,(H,17,18)(H,19,20). The Bertz CT molecular complexity index is 565. The van der Waals surface area contributed by atoms with Gasteiger partial charge in [-0.15, -0.1) is 0 Å². The number of allylic oxidation sites excluding steroid dienone is 2. The summed E-state index contributed by atoms with van der Waals surface area (Å²) in [5, 5.41) is 11.5. The minimum Gasteiger partial charge on any atom is -0.482 e. The molecule has 0 bridgehead atoms. The Balaban J connectivity index is 1.92. The molecular formula is C16H19NO4. The first kappa shape index (κ1) is 15.1. The van der Waals surface area contributed by atoms with Gasteiger partial charge in [-0.05, 0) is 49.4 Å². The number of carboxylic acid groups (broad SMARTS) is 1. The summed E-state index contributed by atoms with van der Waals surface area (Å²) in [6.45, 7) is 1.47. The minimum absolute atomic E-state index is 0.00569. The lowest BCUT2D eigenvalue weighted by Crippen LogP contribution is -2.15. The fourth-order valence-corrected chi connectivity index (χ4v) is 2.32. The number of aliphatic carboxylic acids is 1. The van der Waals surface area contributed by atoms with Crippen LogP contribution in [0.25, 0.3) is 0 Å². The number of hydrogen-bond donors (Lipinski definition) is 2. The molecule has 2 rings (SSSR count). The number of rotatable bonds is 6. The molecule has 0 saturated heterocycles. The summed E-state index contributed by atoms with van der Waals surface area (Å²) < 4.78 is 5.09. The van der Waals surface area contributed by atoms with Crippen molar-refractivity contribution < 1.29 is 19.4 Å². The summed E-state index contributed by atoms with van der Waals surface area (Å²) in [4.78, 5) is 22.4. The molecule has 5 nitrogen and oxygen atoms in total. The van der Waals surface area contributed by atoms with E-state index in [9.17, 15) is 9.59 Å². The van der Waals surface area contributed by atoms with Crippen molar-refractivity contribution in [3.05, 3.63) is 35.9 Å². The zero-order valence-corrected chi connectivity index (χ0v) is 12.0. The van der Waals surface area contributed by atoms with Crippen LogP contribution >= 0.6 is 0 Å². The summed E-state index contributed by atoms with van der Waals surface area (Å²) in [6, 6.07) is 5.10. The van der Waals surface area contributed by atoms with Crippen molar-refractivity contribution in [2.24, 2.45) is 5.92 Å². The molecule has 1 aromatic carbocycles. The van der Waals surface area contributed by atoms with Crippen LogP contribution in [-0.2, 0) is 9.59 Å². The van der Waals surface area contributed by atoms with Crippen LogP contribution in [0.1, 0.15) is 24.8 Å². The van der Waals surface area contributed by atoms with E-state index >= 15 is 0 Å². The van der Waals surface area contributed by atoms with E-state index < -0.39 is 5.97 Å². The molecule has 0 aliphatic heterocycles. The fraction of sp³-hybridized carbons (Fsp3) is 0.375. The van der Waals surface area contributed by atoms with Crippen LogP contribution in [0.15, 0.2) is 30.4 Å². The molecule has 5 heteroatoms. The number of carbonyl (C=O) groups is 2. The van der Waals surface area contributed by atoms with Crippen LogP contribution in [0.3, 0.4) is 0 Å². The van der Waals surface area contributed by atoms with Crippen LogP contribution < -0.4 is 10.1 Å². The van der Waals surface area contributed by atoms with Gasteiger partial charge in [-0.1, -0.05) is 12.2 Å². The van der Waals surface area contributed by atoms with E-state index in [-0.39, 0.29) is 12.5 Å². The van der Waals surface area contributed by atoms with Crippen LogP contribution in [0.2, 0.25) is 0 Å². The fourth-order valence-electron chi connectivity index (χ4n) is 2.32. The molecule has 112 valence electrons. The van der Waals surface area contributed by atoms with Crippen LogP contribution in [0.5, 0.6) is 5.75 Å². The van der Waals surface area contributed by atoms with Crippen molar-refractivity contribution in [3.63, 3.8) is 0 Å². The third kappa shape index (κ3) is 4.63. The van der Waals surface area contributed by atoms with Gasteiger partial charge in [0.15, 0.2) is 6.61 Å². The van der Waals surface area contributed by atoms with Crippen molar-refractivity contribution in [3.8, 4) is 5.75 Å². The maximum Gasteiger partial charge on any atom is 0.341 e. The van der Waals surface area contributed by atoms with Crippen molar-refractivity contribution in [1.82, 2.24) is 0 Å². The van der Waals surface area contributed by atoms with Crippen molar-refractivity contribution in [2.75, 3.05) is 11.9 Å². The zero-order valence-electron chi connectivity index (χ0n) is 12.0. The Morgan fingerprint density at radius 1 is 1.43 bits per heavy atom. The van der Waals surface area contributed by atoms with Crippen LogP contribution in [-0.4, -0.2) is 23.6 Å². The molecule has 0 heterocycles. The van der Waals surface area contributed by atoms with Gasteiger partial charge >= 0.3 is 5.97 Å². The highest BCUT2D eigenvalue weighted by atomic mass is 16.5. The smallest absolute Gasteiger partial charge is 0.341 e. The van der Waals surface area contributed by atoms with Gasteiger partial charge in [0.25, 0.3) is 0 Å². The van der Waals surface area contributed by atoms with Gasteiger partial charge in [0.1, 0.15) is 5.75 Å². The second-order valence-corrected chi connectivity index (χ2v) is 5.18. The number of amides is 1. The molecule has 2 N–H and O–H groups in total. The summed E-state index contributed by atoms with van der Waals surface area (Å²) in [6.07, 6.45) is 6.78. The maximum absolute atomic E-state index is 12.0. The summed E-state index contributed by atoms with van der Waals surface area (Å²) in [5.74, 6) is -0.210. The molecule has 0 fully saturated rings. The average molecular weight is 289 g/mol. The molecule has 1 aromatic rings. The van der Waals surface area contributed by atoms with E-state index in [1.54, 1.807) is 18.2 Å². The molecule has 0 spiro atoms. The molecule has 1 atom stereocenters. The summed E-state index contributed by atoms with van der Waals surface area (Å²) >= 11 is 0. The predicted molar refractivity (Wildman–Crippen MR) is 79.4 cm³/mol. The first-order chi connectivity index (χ1) is 10.0. The monoisotopic (exact) mass is 289 g/mol. The lowest BCUT2D eigenvalue weighted by atomic mass is 10.0. The van der Waals surface area contributed by atoms with Crippen molar-refractivity contribution in [2.45, 2.75) is 26.2 Å². The van der Waals surface area contributed by atoms with Crippen molar-refractivity contribution >= 4 is 17.6 Å². The van der Waals surface area contributed by atoms with E-state index in [4.69, 9.17) is 9.84 Å². The van der Waals surface area contributed by atoms with Gasteiger partial charge in [-0.3, -0.25) is 4.79 Å². The number of ether oxygens (including phenoxy) is 1. The van der Waals surface area contributed by atoms with E-state index in [1.807, 2.05) is 6.92 Å². The lowest BCUT2D eigenvalue weighted by molar-refractivity contribution is -0.139. The van der Waals surface area contributed by atoms with E-state index in [0.29, 0.717) is 18.1 Å². The van der Waals surface area contributed by atoms with E-state index in [2.05, 4.69) is 17.5 Å². The molecule has 0 radical (unpaired) electrons. The minimum atomic E-state index is -1.02. The SMILES string of the molecule is Cc1cc(OCC(=O)O)ccc1NC(=O)CC1C=CCC1. The Kier molecular flexibility index (Phi) is 4.98. The number of nitrogens with one attached hydrogen (secondary N) is 1. The molecule has 1 amide bonds. The number of hydrogen-bond acceptors (Lipinski definition) is 3. The quantitative estimate of drug-likeness (QED) is 0.790. The van der Waals surface area contributed by atoms with Gasteiger partial charge in [-0.2, -0.15) is 0 Å². The third-order valence-electron chi connectivity index (χ3n) is 3.39. The average Bonchev–Trinajstić information content (AvgIpc) is 2.92. The van der Waals surface area contributed by atoms with Gasteiger partial charge in [0.05, 0.1) is 0 Å². The number of benzene rings is 1. The third-order valence-corrected chi connectivity index (χ3v) is 3.39. The Morgan fingerprint density at radius 3 is 2.86 bits per heavy atom. The summed E-state index contributed by atoms with van der Waals surface area (Å²) in [5.41, 5.74) is 1.57. The highest BCUT2D eigenvalue weighted by Gasteiger charge is 2.14. The van der Waals surface area contributed by atoms with Gasteiger partial charge < -0.3 is 15.2 Å². The van der Waals surface area contributed by atoms with E-state index in [0.717, 1.165) is 24.1 Å². The molecule has 0 aromatic heterocycles.